The van der Waals surface area contributed by atoms with Crippen LogP contribution in [0.5, 0.6) is 5.75 Å². The lowest BCUT2D eigenvalue weighted by Gasteiger charge is -2.33. The molecule has 0 saturated carbocycles. The maximum absolute atomic E-state index is 12.6. The van der Waals surface area contributed by atoms with Crippen molar-refractivity contribution in [1.29, 1.82) is 0 Å². The zero-order valence-electron chi connectivity index (χ0n) is 17.3. The van der Waals surface area contributed by atoms with E-state index in [1.807, 2.05) is 30.3 Å². The molecule has 1 fully saturated rings. The standard InChI is InChI=1S/C22H23F2N5O3/c23-22(24)31-18-9-5-4-8-17(18)21-26-20(32-27-21)15-29-12-10-28(11-13-29)14-19(30)25-16-6-2-1-3-7-16/h1-9,22H,10-15H2,(H,25,30). The fraction of sp³-hybridized carbons (Fsp3) is 0.318. The molecule has 0 atom stereocenters. The highest BCUT2D eigenvalue weighted by atomic mass is 19.3. The summed E-state index contributed by atoms with van der Waals surface area (Å²) in [7, 11) is 0. The molecule has 1 amide bonds. The minimum absolute atomic E-state index is 0.00255. The molecule has 4 rings (SSSR count). The van der Waals surface area contributed by atoms with E-state index in [9.17, 15) is 13.6 Å². The van der Waals surface area contributed by atoms with E-state index in [4.69, 9.17) is 4.52 Å². The molecule has 0 unspecified atom stereocenters. The van der Waals surface area contributed by atoms with Crippen LogP contribution in [-0.2, 0) is 11.3 Å². The molecule has 0 aliphatic carbocycles. The average Bonchev–Trinajstić information content (AvgIpc) is 3.24. The van der Waals surface area contributed by atoms with Crippen LogP contribution in [0.4, 0.5) is 14.5 Å². The fourth-order valence-electron chi connectivity index (χ4n) is 3.50. The third kappa shape index (κ3) is 5.86. The van der Waals surface area contributed by atoms with Gasteiger partial charge in [0.25, 0.3) is 0 Å². The predicted molar refractivity (Wildman–Crippen MR) is 113 cm³/mol. The normalized spacial score (nSPS) is 15.1. The molecule has 1 saturated heterocycles. The molecular formula is C22H23F2N5O3. The number of hydrogen-bond acceptors (Lipinski definition) is 7. The first-order chi connectivity index (χ1) is 15.6. The van der Waals surface area contributed by atoms with E-state index in [2.05, 4.69) is 30.0 Å². The molecule has 168 valence electrons. The molecule has 0 spiro atoms. The Morgan fingerprint density at radius 1 is 1.03 bits per heavy atom. The highest BCUT2D eigenvalue weighted by molar-refractivity contribution is 5.92. The number of piperazine rings is 1. The van der Waals surface area contributed by atoms with Crippen molar-refractivity contribution in [3.8, 4) is 17.1 Å². The van der Waals surface area contributed by atoms with Crippen LogP contribution >= 0.6 is 0 Å². The molecule has 1 aromatic heterocycles. The van der Waals surface area contributed by atoms with Gasteiger partial charge in [0.1, 0.15) is 5.75 Å². The number of halogens is 2. The second kappa shape index (κ2) is 10.3. The lowest BCUT2D eigenvalue weighted by atomic mass is 10.2. The molecule has 1 aliphatic rings. The van der Waals surface area contributed by atoms with E-state index in [-0.39, 0.29) is 17.5 Å². The van der Waals surface area contributed by atoms with Crippen molar-refractivity contribution in [2.45, 2.75) is 13.2 Å². The number of amides is 1. The number of alkyl halides is 2. The number of nitrogens with zero attached hydrogens (tertiary/aromatic N) is 4. The van der Waals surface area contributed by atoms with Crippen molar-refractivity contribution in [2.75, 3.05) is 38.0 Å². The molecule has 2 heterocycles. The topological polar surface area (TPSA) is 83.7 Å². The quantitative estimate of drug-likeness (QED) is 0.573. The molecule has 10 heteroatoms. The largest absolute Gasteiger partial charge is 0.434 e. The Kier molecular flexibility index (Phi) is 7.03. The first-order valence-corrected chi connectivity index (χ1v) is 10.2. The maximum Gasteiger partial charge on any atom is 0.387 e. The summed E-state index contributed by atoms with van der Waals surface area (Å²) in [6, 6.07) is 15.7. The van der Waals surface area contributed by atoms with Gasteiger partial charge in [0.05, 0.1) is 18.7 Å². The van der Waals surface area contributed by atoms with E-state index < -0.39 is 6.61 Å². The van der Waals surface area contributed by atoms with Crippen LogP contribution in [0.15, 0.2) is 59.1 Å². The number of hydrogen-bond donors (Lipinski definition) is 1. The number of anilines is 1. The molecule has 0 radical (unpaired) electrons. The molecule has 1 N–H and O–H groups in total. The lowest BCUT2D eigenvalue weighted by molar-refractivity contribution is -0.117. The Bertz CT molecular complexity index is 1020. The van der Waals surface area contributed by atoms with Gasteiger partial charge in [-0.25, -0.2) is 0 Å². The number of benzene rings is 2. The van der Waals surface area contributed by atoms with Crippen LogP contribution in [0.2, 0.25) is 0 Å². The van der Waals surface area contributed by atoms with E-state index in [0.717, 1.165) is 31.9 Å². The molecular weight excluding hydrogens is 420 g/mol. The van der Waals surface area contributed by atoms with E-state index in [1.54, 1.807) is 18.2 Å². The van der Waals surface area contributed by atoms with Gasteiger partial charge in [-0.15, -0.1) is 0 Å². The average molecular weight is 443 g/mol. The fourth-order valence-corrected chi connectivity index (χ4v) is 3.50. The van der Waals surface area contributed by atoms with Gasteiger partial charge in [-0.1, -0.05) is 35.5 Å². The Morgan fingerprint density at radius 3 is 2.47 bits per heavy atom. The Hall–Kier alpha value is -3.37. The van der Waals surface area contributed by atoms with Gasteiger partial charge in [-0.2, -0.15) is 13.8 Å². The van der Waals surface area contributed by atoms with Gasteiger partial charge in [-0.3, -0.25) is 14.6 Å². The summed E-state index contributed by atoms with van der Waals surface area (Å²) in [5, 5.41) is 6.80. The second-order valence-corrected chi connectivity index (χ2v) is 7.35. The molecule has 1 aliphatic heterocycles. The summed E-state index contributed by atoms with van der Waals surface area (Å²) in [4.78, 5) is 20.8. The monoisotopic (exact) mass is 443 g/mol. The first-order valence-electron chi connectivity index (χ1n) is 10.2. The van der Waals surface area contributed by atoms with Crippen molar-refractivity contribution in [1.82, 2.24) is 19.9 Å². The number of carbonyl (C=O) groups excluding carboxylic acids is 1. The summed E-state index contributed by atoms with van der Waals surface area (Å²) in [6.45, 7) is 0.767. The Morgan fingerprint density at radius 2 is 1.72 bits per heavy atom. The summed E-state index contributed by atoms with van der Waals surface area (Å²) in [5.41, 5.74) is 1.13. The first kappa shape index (κ1) is 21.8. The number of nitrogens with one attached hydrogen (secondary N) is 1. The van der Waals surface area contributed by atoms with Crippen molar-refractivity contribution >= 4 is 11.6 Å². The van der Waals surface area contributed by atoms with Gasteiger partial charge >= 0.3 is 6.61 Å². The second-order valence-electron chi connectivity index (χ2n) is 7.35. The van der Waals surface area contributed by atoms with Crippen molar-refractivity contribution < 1.29 is 22.8 Å². The van der Waals surface area contributed by atoms with Crippen LogP contribution in [0, 0.1) is 0 Å². The summed E-state index contributed by atoms with van der Waals surface area (Å²) in [6.07, 6.45) is 0. The van der Waals surface area contributed by atoms with Gasteiger partial charge in [-0.05, 0) is 24.3 Å². The van der Waals surface area contributed by atoms with Crippen LogP contribution < -0.4 is 10.1 Å². The zero-order valence-corrected chi connectivity index (χ0v) is 17.3. The highest BCUT2D eigenvalue weighted by Crippen LogP contribution is 2.29. The molecule has 32 heavy (non-hydrogen) atoms. The van der Waals surface area contributed by atoms with Crippen molar-refractivity contribution in [3.63, 3.8) is 0 Å². The molecule has 2 aromatic carbocycles. The number of para-hydroxylation sites is 2. The lowest BCUT2D eigenvalue weighted by Crippen LogP contribution is -2.48. The molecule has 8 nitrogen and oxygen atoms in total. The molecule has 3 aromatic rings. The minimum Gasteiger partial charge on any atom is -0.434 e. The smallest absolute Gasteiger partial charge is 0.387 e. The van der Waals surface area contributed by atoms with Gasteiger partial charge in [0.15, 0.2) is 0 Å². The molecule has 0 bridgehead atoms. The predicted octanol–water partition coefficient (Wildman–Crippen LogP) is 3.09. The third-order valence-corrected chi connectivity index (χ3v) is 5.06. The van der Waals surface area contributed by atoms with Crippen molar-refractivity contribution in [2.24, 2.45) is 0 Å². The van der Waals surface area contributed by atoms with Gasteiger partial charge in [0, 0.05) is 31.9 Å². The van der Waals surface area contributed by atoms with Crippen LogP contribution in [0.3, 0.4) is 0 Å². The third-order valence-electron chi connectivity index (χ3n) is 5.06. The Labute approximate surface area is 183 Å². The maximum atomic E-state index is 12.6. The van der Waals surface area contributed by atoms with Crippen LogP contribution in [-0.4, -0.2) is 65.2 Å². The van der Waals surface area contributed by atoms with E-state index >= 15 is 0 Å². The SMILES string of the molecule is O=C(CN1CCN(Cc2nc(-c3ccccc3OC(F)F)no2)CC1)Nc1ccccc1. The number of carbonyl (C=O) groups is 1. The Balaban J connectivity index is 1.27. The van der Waals surface area contributed by atoms with Gasteiger partial charge < -0.3 is 14.6 Å². The van der Waals surface area contributed by atoms with Crippen LogP contribution in [0.25, 0.3) is 11.4 Å². The van der Waals surface area contributed by atoms with E-state index in [0.29, 0.717) is 24.5 Å². The summed E-state index contributed by atoms with van der Waals surface area (Å²) >= 11 is 0. The summed E-state index contributed by atoms with van der Waals surface area (Å²) < 4.78 is 35.1. The van der Waals surface area contributed by atoms with Gasteiger partial charge in [0.2, 0.25) is 17.6 Å². The highest BCUT2D eigenvalue weighted by Gasteiger charge is 2.22. The summed E-state index contributed by atoms with van der Waals surface area (Å²) in [5.74, 6) is 0.544. The van der Waals surface area contributed by atoms with Crippen molar-refractivity contribution in [3.05, 3.63) is 60.5 Å². The number of rotatable bonds is 8. The van der Waals surface area contributed by atoms with E-state index in [1.165, 1.54) is 6.07 Å². The minimum atomic E-state index is -2.94. The number of ether oxygens (including phenoxy) is 1. The zero-order chi connectivity index (χ0) is 22.3. The number of aromatic nitrogens is 2. The van der Waals surface area contributed by atoms with Crippen LogP contribution in [0.1, 0.15) is 5.89 Å².